The molecule has 2 N–H and O–H groups in total. The summed E-state index contributed by atoms with van der Waals surface area (Å²) in [5.41, 5.74) is 0. The molecule has 1 aliphatic carbocycles. The second kappa shape index (κ2) is 8.86. The Morgan fingerprint density at radius 1 is 1.39 bits per heavy atom. The molecule has 1 saturated carbocycles. The number of morpholine rings is 1. The molecule has 130 valence electrons. The number of nitrogens with one attached hydrogen (secondary N) is 2. The molecule has 2 fully saturated rings. The number of amidine groups is 1. The Bertz CT molecular complexity index is 449. The van der Waals surface area contributed by atoms with E-state index in [9.17, 15) is 9.18 Å². The molecule has 7 heteroatoms. The Kier molecular flexibility index (Phi) is 6.83. The van der Waals surface area contributed by atoms with Crippen LogP contribution in [0.15, 0.2) is 17.4 Å². The number of aliphatic imine (C=N–C) groups is 1. The van der Waals surface area contributed by atoms with Crippen molar-refractivity contribution in [3.05, 3.63) is 12.4 Å². The van der Waals surface area contributed by atoms with E-state index in [4.69, 9.17) is 4.74 Å². The van der Waals surface area contributed by atoms with E-state index >= 15 is 0 Å². The average Bonchev–Trinajstić information content (AvgIpc) is 2.56. The van der Waals surface area contributed by atoms with E-state index in [1.807, 2.05) is 0 Å². The number of rotatable bonds is 4. The summed E-state index contributed by atoms with van der Waals surface area (Å²) in [6.45, 7) is 6.43. The monoisotopic (exact) mass is 326 g/mol. The van der Waals surface area contributed by atoms with Gasteiger partial charge in [0.25, 0.3) is 0 Å². The third-order valence-electron chi connectivity index (χ3n) is 4.45. The van der Waals surface area contributed by atoms with Crippen LogP contribution in [0, 0.1) is 5.92 Å². The fourth-order valence-electron chi connectivity index (χ4n) is 3.18. The topological polar surface area (TPSA) is 66.0 Å². The minimum absolute atomic E-state index is 0.000134. The van der Waals surface area contributed by atoms with Crippen molar-refractivity contribution in [3.8, 4) is 0 Å². The molecule has 1 saturated heterocycles. The van der Waals surface area contributed by atoms with E-state index in [1.54, 1.807) is 11.9 Å². The Hall–Kier alpha value is -1.63. The summed E-state index contributed by atoms with van der Waals surface area (Å²) in [7, 11) is 1.54. The van der Waals surface area contributed by atoms with Crippen LogP contribution in [-0.4, -0.2) is 62.7 Å². The van der Waals surface area contributed by atoms with Crippen molar-refractivity contribution < 1.29 is 13.9 Å². The van der Waals surface area contributed by atoms with Gasteiger partial charge in [-0.1, -0.05) is 13.0 Å². The summed E-state index contributed by atoms with van der Waals surface area (Å²) < 4.78 is 18.4. The van der Waals surface area contributed by atoms with Gasteiger partial charge >= 0.3 is 6.03 Å². The lowest BCUT2D eigenvalue weighted by atomic mass is 9.85. The zero-order valence-corrected chi connectivity index (χ0v) is 13.8. The van der Waals surface area contributed by atoms with E-state index in [1.165, 1.54) is 0 Å². The molecular weight excluding hydrogens is 299 g/mol. The zero-order chi connectivity index (χ0) is 16.7. The number of urea groups is 1. The fraction of sp³-hybridized carbons (Fsp3) is 0.750. The smallest absolute Gasteiger partial charge is 0.317 e. The van der Waals surface area contributed by atoms with E-state index < -0.39 is 5.83 Å². The molecule has 1 heterocycles. The highest BCUT2D eigenvalue weighted by molar-refractivity contribution is 5.95. The van der Waals surface area contributed by atoms with Gasteiger partial charge in [-0.15, -0.1) is 0 Å². The maximum absolute atomic E-state index is 13.1. The van der Waals surface area contributed by atoms with Gasteiger partial charge in [-0.25, -0.2) is 9.18 Å². The summed E-state index contributed by atoms with van der Waals surface area (Å²) in [6.07, 6.45) is 4.04. The Morgan fingerprint density at radius 2 is 2.13 bits per heavy atom. The highest BCUT2D eigenvalue weighted by atomic mass is 19.1. The quantitative estimate of drug-likeness (QED) is 0.610. The van der Waals surface area contributed by atoms with Gasteiger partial charge in [-0.3, -0.25) is 4.99 Å². The molecule has 0 aromatic rings. The largest absolute Gasteiger partial charge is 0.378 e. The van der Waals surface area contributed by atoms with Gasteiger partial charge in [-0.05, 0) is 25.2 Å². The minimum atomic E-state index is -0.541. The number of hydrogen-bond acceptors (Lipinski definition) is 3. The SMILES string of the molecule is C=C(F)C(=NC)NCC1CCCC(NC(=O)N2CCOCC2)C1. The molecule has 2 unspecified atom stereocenters. The minimum Gasteiger partial charge on any atom is -0.378 e. The number of nitrogens with zero attached hydrogens (tertiary/aromatic N) is 2. The van der Waals surface area contributed by atoms with Crippen LogP contribution < -0.4 is 10.6 Å². The number of ether oxygens (including phenoxy) is 1. The summed E-state index contributed by atoms with van der Waals surface area (Å²) in [5, 5.41) is 6.14. The van der Waals surface area contributed by atoms with Crippen LogP contribution in [0.25, 0.3) is 0 Å². The highest BCUT2D eigenvalue weighted by Gasteiger charge is 2.26. The van der Waals surface area contributed by atoms with Crippen LogP contribution >= 0.6 is 0 Å². The van der Waals surface area contributed by atoms with Gasteiger partial charge in [0, 0.05) is 32.7 Å². The molecule has 2 aliphatic rings. The van der Waals surface area contributed by atoms with Crippen LogP contribution in [0.5, 0.6) is 0 Å². The van der Waals surface area contributed by atoms with Crippen LogP contribution in [0.1, 0.15) is 25.7 Å². The molecule has 0 aromatic carbocycles. The first-order valence-electron chi connectivity index (χ1n) is 8.28. The number of carbonyl (C=O) groups is 1. The number of halogens is 1. The van der Waals surface area contributed by atoms with Crippen LogP contribution in [0.2, 0.25) is 0 Å². The zero-order valence-electron chi connectivity index (χ0n) is 13.8. The molecule has 0 spiro atoms. The Morgan fingerprint density at radius 3 is 2.78 bits per heavy atom. The molecule has 0 aromatic heterocycles. The summed E-state index contributed by atoms with van der Waals surface area (Å²) in [6, 6.07) is 0.182. The number of amides is 2. The normalized spacial score (nSPS) is 25.8. The molecule has 2 rings (SSSR count). The van der Waals surface area contributed by atoms with E-state index in [0.717, 1.165) is 25.7 Å². The third kappa shape index (κ3) is 5.49. The van der Waals surface area contributed by atoms with Crippen molar-refractivity contribution in [2.24, 2.45) is 10.9 Å². The lowest BCUT2D eigenvalue weighted by Gasteiger charge is -2.33. The average molecular weight is 326 g/mol. The Labute approximate surface area is 137 Å². The van der Waals surface area contributed by atoms with E-state index in [0.29, 0.717) is 38.8 Å². The second-order valence-electron chi connectivity index (χ2n) is 6.14. The van der Waals surface area contributed by atoms with Crippen molar-refractivity contribution in [1.82, 2.24) is 15.5 Å². The predicted octanol–water partition coefficient (Wildman–Crippen LogP) is 1.69. The standard InChI is InChI=1S/C16H27FN4O2/c1-12(17)15(18-2)19-11-13-4-3-5-14(10-13)20-16(22)21-6-8-23-9-7-21/h13-14H,1,3-11H2,2H3,(H,18,19)(H,20,22). The molecule has 0 bridgehead atoms. The van der Waals surface area contributed by atoms with Crippen LogP contribution in [0.3, 0.4) is 0 Å². The summed E-state index contributed by atoms with van der Waals surface area (Å²) in [4.78, 5) is 17.9. The van der Waals surface area contributed by atoms with Gasteiger partial charge in [0.15, 0.2) is 11.7 Å². The van der Waals surface area contributed by atoms with Crippen molar-refractivity contribution in [3.63, 3.8) is 0 Å². The van der Waals surface area contributed by atoms with E-state index in [2.05, 4.69) is 22.2 Å². The van der Waals surface area contributed by atoms with E-state index in [-0.39, 0.29) is 17.9 Å². The summed E-state index contributed by atoms with van der Waals surface area (Å²) in [5.74, 6) is 0.0693. The van der Waals surface area contributed by atoms with Crippen LogP contribution in [-0.2, 0) is 4.74 Å². The first kappa shape index (κ1) is 17.7. The van der Waals surface area contributed by atoms with Crippen LogP contribution in [0.4, 0.5) is 9.18 Å². The van der Waals surface area contributed by atoms with Crippen molar-refractivity contribution >= 4 is 11.9 Å². The van der Waals surface area contributed by atoms with Gasteiger partial charge in [0.2, 0.25) is 0 Å². The molecule has 1 aliphatic heterocycles. The summed E-state index contributed by atoms with van der Waals surface area (Å²) >= 11 is 0. The van der Waals surface area contributed by atoms with Crippen molar-refractivity contribution in [2.45, 2.75) is 31.7 Å². The molecular formula is C16H27FN4O2. The molecule has 0 radical (unpaired) electrons. The maximum Gasteiger partial charge on any atom is 0.317 e. The van der Waals surface area contributed by atoms with Gasteiger partial charge < -0.3 is 20.3 Å². The molecule has 2 atom stereocenters. The predicted molar refractivity (Wildman–Crippen MR) is 88.3 cm³/mol. The molecule has 23 heavy (non-hydrogen) atoms. The van der Waals surface area contributed by atoms with Gasteiger partial charge in [-0.2, -0.15) is 0 Å². The first-order valence-corrected chi connectivity index (χ1v) is 8.28. The fourth-order valence-corrected chi connectivity index (χ4v) is 3.18. The highest BCUT2D eigenvalue weighted by Crippen LogP contribution is 2.24. The lowest BCUT2D eigenvalue weighted by Crippen LogP contribution is -2.50. The number of hydrogen-bond donors (Lipinski definition) is 2. The van der Waals surface area contributed by atoms with Gasteiger partial charge in [0.1, 0.15) is 0 Å². The maximum atomic E-state index is 13.1. The van der Waals surface area contributed by atoms with Crippen molar-refractivity contribution in [2.75, 3.05) is 39.9 Å². The molecule has 2 amide bonds. The Balaban J connectivity index is 1.76. The first-order chi connectivity index (χ1) is 11.1. The molecule has 6 nitrogen and oxygen atoms in total. The lowest BCUT2D eigenvalue weighted by molar-refractivity contribution is 0.0519. The van der Waals surface area contributed by atoms with Crippen molar-refractivity contribution in [1.29, 1.82) is 0 Å². The number of carbonyl (C=O) groups excluding carboxylic acids is 1. The van der Waals surface area contributed by atoms with Gasteiger partial charge in [0.05, 0.1) is 13.2 Å². The third-order valence-corrected chi connectivity index (χ3v) is 4.45. The second-order valence-corrected chi connectivity index (χ2v) is 6.14.